The van der Waals surface area contributed by atoms with Crippen molar-refractivity contribution in [3.8, 4) is 17.0 Å². The molecule has 14 nitrogen and oxygen atoms in total. The van der Waals surface area contributed by atoms with Crippen molar-refractivity contribution in [2.45, 2.75) is 74.6 Å². The maximum absolute atomic E-state index is 13.0. The number of nitrogens with zero attached hydrogens (tertiary/aromatic N) is 6. The van der Waals surface area contributed by atoms with Crippen molar-refractivity contribution in [1.29, 1.82) is 0 Å². The number of piperazine rings is 1. The Morgan fingerprint density at radius 1 is 1.07 bits per heavy atom. The Hall–Kier alpha value is -5.80. The number of nitrogens with one attached hydrogen (secondary N) is 3. The molecule has 6 aromatic rings. The summed E-state index contributed by atoms with van der Waals surface area (Å²) in [6, 6.07) is 18.5. The molecule has 58 heavy (non-hydrogen) atoms. The molecule has 2 aliphatic heterocycles. The van der Waals surface area contributed by atoms with E-state index in [2.05, 4.69) is 89.9 Å². The van der Waals surface area contributed by atoms with Crippen molar-refractivity contribution in [3.05, 3.63) is 89.3 Å². The van der Waals surface area contributed by atoms with Crippen LogP contribution in [-0.2, 0) is 21.5 Å². The second-order valence-electron chi connectivity index (χ2n) is 15.9. The second kappa shape index (κ2) is 15.2. The Kier molecular flexibility index (Phi) is 9.88. The third-order valence-corrected chi connectivity index (χ3v) is 13.0. The van der Waals surface area contributed by atoms with Crippen molar-refractivity contribution in [3.63, 3.8) is 0 Å². The van der Waals surface area contributed by atoms with E-state index < -0.39 is 5.91 Å². The lowest BCUT2D eigenvalue weighted by Crippen LogP contribution is -2.46. The molecule has 0 spiro atoms. The van der Waals surface area contributed by atoms with Gasteiger partial charge in [-0.25, -0.2) is 9.97 Å². The van der Waals surface area contributed by atoms with Crippen LogP contribution in [0.1, 0.15) is 78.8 Å². The Morgan fingerprint density at radius 2 is 1.86 bits per heavy atom. The monoisotopic (exact) mass is 799 g/mol. The molecule has 0 radical (unpaired) electrons. The van der Waals surface area contributed by atoms with E-state index in [0.29, 0.717) is 18.7 Å². The fourth-order valence-electron chi connectivity index (χ4n) is 8.02. The van der Waals surface area contributed by atoms with E-state index in [9.17, 15) is 14.4 Å². The number of benzene rings is 3. The van der Waals surface area contributed by atoms with Gasteiger partial charge >= 0.3 is 11.8 Å². The van der Waals surface area contributed by atoms with Gasteiger partial charge in [0.2, 0.25) is 11.8 Å². The molecular formula is C43H45N9O5S. The molecule has 2 atom stereocenters. The average Bonchev–Trinajstić information content (AvgIpc) is 3.59. The van der Waals surface area contributed by atoms with Gasteiger partial charge in [0.15, 0.2) is 5.82 Å². The van der Waals surface area contributed by atoms with Gasteiger partial charge < -0.3 is 24.5 Å². The van der Waals surface area contributed by atoms with Crippen LogP contribution in [0.15, 0.2) is 70.3 Å². The number of amides is 3. The summed E-state index contributed by atoms with van der Waals surface area (Å²) in [6.45, 7) is 10.4. The quantitative estimate of drug-likeness (QED) is 0.126. The zero-order valence-electron chi connectivity index (χ0n) is 32.9. The number of piperidine rings is 1. The average molecular weight is 800 g/mol. The molecule has 3 N–H and O–H groups in total. The maximum atomic E-state index is 13.0. The van der Waals surface area contributed by atoms with Crippen LogP contribution in [0, 0.1) is 6.92 Å². The van der Waals surface area contributed by atoms with Gasteiger partial charge in [-0.2, -0.15) is 4.98 Å². The molecule has 3 amide bonds. The Bertz CT molecular complexity index is 2560. The number of anilines is 1. The van der Waals surface area contributed by atoms with Gasteiger partial charge in [-0.1, -0.05) is 36.3 Å². The standard InChI is InChI=1S/C43H45N9O5S/c1-24-19-27(7-10-29(24)25(2)46-40(55)41-49-42(50-57-41)43(3)13-14-43)37-36-30-20-33(56-4)32(21-31(30)47-38(36)45-23-44-37)52-17-15-51(16-18-52)22-26-5-8-28(9-6-26)58-34-11-12-35(53)48-39(34)54/h5-10,19-21,23,25,34H,11-18,22H2,1-4H3,(H,46,55)(H,44,45,47)(H,48,53,54)/t25-,34?/m1/s1. The van der Waals surface area contributed by atoms with E-state index in [-0.39, 0.29) is 34.4 Å². The normalized spacial score (nSPS) is 18.7. The van der Waals surface area contributed by atoms with Crippen LogP contribution >= 0.6 is 11.8 Å². The summed E-state index contributed by atoms with van der Waals surface area (Å²) in [5, 5.41) is 11.2. The van der Waals surface area contributed by atoms with Crippen LogP contribution < -0.4 is 20.3 Å². The van der Waals surface area contributed by atoms with Gasteiger partial charge in [0, 0.05) is 60.4 Å². The molecular weight excluding hydrogens is 755 g/mol. The minimum atomic E-state index is -0.392. The molecule has 5 heterocycles. The lowest BCUT2D eigenvalue weighted by atomic mass is 9.97. The summed E-state index contributed by atoms with van der Waals surface area (Å²) in [7, 11) is 1.71. The molecule has 9 rings (SSSR count). The Morgan fingerprint density at radius 3 is 2.59 bits per heavy atom. The second-order valence-corrected chi connectivity index (χ2v) is 17.1. The summed E-state index contributed by atoms with van der Waals surface area (Å²) in [5.74, 6) is 0.579. The summed E-state index contributed by atoms with van der Waals surface area (Å²) >= 11 is 1.51. The van der Waals surface area contributed by atoms with Gasteiger partial charge in [0.1, 0.15) is 17.7 Å². The number of aryl methyl sites for hydroxylation is 1. The molecule has 3 aliphatic rings. The van der Waals surface area contributed by atoms with Crippen molar-refractivity contribution in [2.24, 2.45) is 0 Å². The van der Waals surface area contributed by atoms with Gasteiger partial charge in [-0.15, -0.1) is 11.8 Å². The Balaban J connectivity index is 0.877. The molecule has 298 valence electrons. The molecule has 1 saturated carbocycles. The number of ether oxygens (including phenoxy) is 1. The summed E-state index contributed by atoms with van der Waals surface area (Å²) in [5.41, 5.74) is 7.59. The van der Waals surface area contributed by atoms with Crippen molar-refractivity contribution >= 4 is 57.1 Å². The largest absolute Gasteiger partial charge is 0.495 e. The summed E-state index contributed by atoms with van der Waals surface area (Å²) < 4.78 is 11.3. The number of aromatic nitrogens is 5. The number of methoxy groups -OCH3 is 1. The van der Waals surface area contributed by atoms with E-state index in [0.717, 1.165) is 106 Å². The SMILES string of the molecule is COc1cc2c(cc1N1CCN(Cc3ccc(SC4CCC(=O)NC4=O)cc3)CC1)[nH]c1ncnc(-c3ccc([C@@H](C)NC(=O)c4nc(C5(C)CC5)no4)c(C)c3)c12. The van der Waals surface area contributed by atoms with Crippen molar-refractivity contribution in [2.75, 3.05) is 38.2 Å². The highest BCUT2D eigenvalue weighted by Gasteiger charge is 2.44. The van der Waals surface area contributed by atoms with Gasteiger partial charge in [-0.05, 0) is 80.1 Å². The number of hydrogen-bond donors (Lipinski definition) is 3. The van der Waals surface area contributed by atoms with Gasteiger partial charge in [0.25, 0.3) is 0 Å². The summed E-state index contributed by atoms with van der Waals surface area (Å²) in [4.78, 5) is 59.8. The lowest BCUT2D eigenvalue weighted by molar-refractivity contribution is -0.132. The maximum Gasteiger partial charge on any atom is 0.315 e. The molecule has 3 aromatic heterocycles. The predicted molar refractivity (Wildman–Crippen MR) is 221 cm³/mol. The first kappa shape index (κ1) is 37.8. The first-order valence-electron chi connectivity index (χ1n) is 19.7. The highest BCUT2D eigenvalue weighted by Crippen LogP contribution is 2.46. The zero-order valence-corrected chi connectivity index (χ0v) is 33.7. The number of rotatable bonds is 11. The van der Waals surface area contributed by atoms with Crippen LogP contribution in [0.3, 0.4) is 0 Å². The number of fused-ring (bicyclic) bond motifs is 3. The molecule has 1 unspecified atom stereocenters. The fourth-order valence-corrected chi connectivity index (χ4v) is 9.04. The topological polar surface area (TPSA) is 171 Å². The van der Waals surface area contributed by atoms with Crippen LogP contribution in [0.2, 0.25) is 0 Å². The number of thioether (sulfide) groups is 1. The van der Waals surface area contributed by atoms with E-state index in [1.807, 2.05) is 26.0 Å². The van der Waals surface area contributed by atoms with Crippen LogP contribution in [0.5, 0.6) is 5.75 Å². The van der Waals surface area contributed by atoms with Crippen LogP contribution in [0.4, 0.5) is 5.69 Å². The first-order valence-corrected chi connectivity index (χ1v) is 20.6. The number of carbonyl (C=O) groups excluding carboxylic acids is 3. The highest BCUT2D eigenvalue weighted by atomic mass is 32.2. The number of carbonyl (C=O) groups is 3. The number of H-pyrrole nitrogens is 1. The zero-order chi connectivity index (χ0) is 40.1. The predicted octanol–water partition coefficient (Wildman–Crippen LogP) is 6.24. The van der Waals surface area contributed by atoms with Crippen LogP contribution in [0.25, 0.3) is 33.2 Å². The molecule has 0 bridgehead atoms. The summed E-state index contributed by atoms with van der Waals surface area (Å²) in [6.07, 6.45) is 4.53. The first-order chi connectivity index (χ1) is 28.0. The molecule has 15 heteroatoms. The minimum Gasteiger partial charge on any atom is -0.495 e. The number of hydrogen-bond acceptors (Lipinski definition) is 12. The molecule has 3 aromatic carbocycles. The van der Waals surface area contributed by atoms with E-state index in [4.69, 9.17) is 14.2 Å². The third kappa shape index (κ3) is 7.39. The lowest BCUT2D eigenvalue weighted by Gasteiger charge is -2.36. The van der Waals surface area contributed by atoms with E-state index >= 15 is 0 Å². The Labute approximate surface area is 339 Å². The van der Waals surface area contributed by atoms with Crippen LogP contribution in [-0.4, -0.2) is 86.3 Å². The molecule has 1 aliphatic carbocycles. The van der Waals surface area contributed by atoms with Gasteiger partial charge in [-0.3, -0.25) is 24.6 Å². The molecule has 2 saturated heterocycles. The van der Waals surface area contributed by atoms with Gasteiger partial charge in [0.05, 0.1) is 40.7 Å². The molecule has 3 fully saturated rings. The third-order valence-electron chi connectivity index (χ3n) is 11.7. The van der Waals surface area contributed by atoms with E-state index in [1.54, 1.807) is 13.4 Å². The fraction of sp³-hybridized carbons (Fsp3) is 0.372. The smallest absolute Gasteiger partial charge is 0.315 e. The highest BCUT2D eigenvalue weighted by molar-refractivity contribution is 8.00. The number of imide groups is 1. The van der Waals surface area contributed by atoms with Crippen molar-refractivity contribution in [1.82, 2.24) is 40.6 Å². The van der Waals surface area contributed by atoms with Crippen molar-refractivity contribution < 1.29 is 23.6 Å². The van der Waals surface area contributed by atoms with E-state index in [1.165, 1.54) is 17.3 Å². The number of aromatic amines is 1. The minimum absolute atomic E-state index is 0.0173.